The summed E-state index contributed by atoms with van der Waals surface area (Å²) >= 11 is 0. The summed E-state index contributed by atoms with van der Waals surface area (Å²) in [6.45, 7) is 3.96. The second-order valence-corrected chi connectivity index (χ2v) is 8.66. The first-order valence-corrected chi connectivity index (χ1v) is 11.3. The molecule has 36 heavy (non-hydrogen) atoms. The summed E-state index contributed by atoms with van der Waals surface area (Å²) in [7, 11) is 1.74. The van der Waals surface area contributed by atoms with E-state index in [-0.39, 0.29) is 17.4 Å². The number of hydrogen-bond donors (Lipinski definition) is 2. The molecule has 2 heterocycles. The van der Waals surface area contributed by atoms with Gasteiger partial charge in [-0.1, -0.05) is 30.3 Å². The van der Waals surface area contributed by atoms with Gasteiger partial charge in [0.05, 0.1) is 11.1 Å². The molecule has 5 aromatic rings. The summed E-state index contributed by atoms with van der Waals surface area (Å²) in [5.74, 6) is -0.844. The molecule has 9 heteroatoms. The topological polar surface area (TPSA) is 106 Å². The zero-order valence-electron chi connectivity index (χ0n) is 19.9. The average molecular weight is 483 g/mol. The number of aryl methyl sites for hydroxylation is 2. The molecule has 1 unspecified atom stereocenters. The molecule has 0 aliphatic rings. The lowest BCUT2D eigenvalue weighted by molar-refractivity contribution is 0.0698. The van der Waals surface area contributed by atoms with E-state index in [0.717, 1.165) is 33.2 Å². The second kappa shape index (κ2) is 9.18. The highest BCUT2D eigenvalue weighted by Gasteiger charge is 2.20. The SMILES string of the molecule is Cc1cc(C(C)Nc2ccccc2C(=O)O)c2cc(-c3ccc(F)cc3)c(-c3nnnn3C)nc2c1. The number of nitrogens with zero attached hydrogens (tertiary/aromatic N) is 5. The zero-order chi connectivity index (χ0) is 25.4. The number of para-hydroxylation sites is 1. The van der Waals surface area contributed by atoms with Gasteiger partial charge in [-0.05, 0) is 77.4 Å². The summed E-state index contributed by atoms with van der Waals surface area (Å²) < 4.78 is 15.2. The number of halogens is 1. The van der Waals surface area contributed by atoms with E-state index in [1.807, 2.05) is 26.0 Å². The normalized spacial score (nSPS) is 12.0. The molecule has 0 amide bonds. The molecule has 1 atom stereocenters. The van der Waals surface area contributed by atoms with Crippen molar-refractivity contribution >= 4 is 22.6 Å². The smallest absolute Gasteiger partial charge is 0.337 e. The number of anilines is 1. The number of benzene rings is 3. The Labute approximate surface area is 206 Å². The van der Waals surface area contributed by atoms with E-state index in [0.29, 0.717) is 17.2 Å². The quantitative estimate of drug-likeness (QED) is 0.333. The Morgan fingerprint density at radius 2 is 1.83 bits per heavy atom. The number of carbonyl (C=O) groups is 1. The molecule has 0 bridgehead atoms. The van der Waals surface area contributed by atoms with Crippen molar-refractivity contribution < 1.29 is 14.3 Å². The van der Waals surface area contributed by atoms with Crippen LogP contribution in [0.5, 0.6) is 0 Å². The van der Waals surface area contributed by atoms with Crippen LogP contribution in [-0.4, -0.2) is 36.3 Å². The number of hydrogen-bond acceptors (Lipinski definition) is 6. The Morgan fingerprint density at radius 1 is 1.08 bits per heavy atom. The van der Waals surface area contributed by atoms with E-state index >= 15 is 0 Å². The fourth-order valence-corrected chi connectivity index (χ4v) is 4.36. The van der Waals surface area contributed by atoms with Crippen LogP contribution in [0.15, 0.2) is 66.7 Å². The maximum atomic E-state index is 13.7. The fraction of sp³-hybridized carbons (Fsp3) is 0.148. The standard InChI is InChI=1S/C27H23FN6O2/c1-15-12-20(16(2)29-23-7-5-4-6-19(23)27(35)36)22-14-21(17-8-10-18(28)11-9-17)25(30-24(22)13-15)26-31-32-33-34(26)3/h4-14,16,29H,1-3H3,(H,35,36). The van der Waals surface area contributed by atoms with Gasteiger partial charge in [0.1, 0.15) is 11.5 Å². The summed E-state index contributed by atoms with van der Waals surface area (Å²) in [6.07, 6.45) is 0. The molecular weight excluding hydrogens is 459 g/mol. The number of aromatic nitrogens is 5. The van der Waals surface area contributed by atoms with Gasteiger partial charge in [-0.2, -0.15) is 0 Å². The first-order valence-electron chi connectivity index (χ1n) is 11.3. The summed E-state index contributed by atoms with van der Waals surface area (Å²) in [5.41, 5.74) is 5.52. The van der Waals surface area contributed by atoms with E-state index in [1.54, 1.807) is 48.1 Å². The van der Waals surface area contributed by atoms with Crippen LogP contribution < -0.4 is 5.32 Å². The van der Waals surface area contributed by atoms with Gasteiger partial charge in [0.2, 0.25) is 5.82 Å². The van der Waals surface area contributed by atoms with Crippen molar-refractivity contribution in [3.63, 3.8) is 0 Å². The van der Waals surface area contributed by atoms with Crippen molar-refractivity contribution in [3.8, 4) is 22.6 Å². The predicted octanol–water partition coefficient (Wildman–Crippen LogP) is 5.41. The van der Waals surface area contributed by atoms with E-state index in [1.165, 1.54) is 12.1 Å². The molecular formula is C27H23FN6O2. The van der Waals surface area contributed by atoms with Gasteiger partial charge in [0.15, 0.2) is 0 Å². The number of nitrogens with one attached hydrogen (secondary N) is 1. The lowest BCUT2D eigenvalue weighted by Gasteiger charge is -2.21. The Kier molecular flexibility index (Phi) is 5.89. The van der Waals surface area contributed by atoms with Crippen molar-refractivity contribution in [2.24, 2.45) is 7.05 Å². The Morgan fingerprint density at radius 3 is 2.53 bits per heavy atom. The molecule has 0 aliphatic heterocycles. The second-order valence-electron chi connectivity index (χ2n) is 8.66. The van der Waals surface area contributed by atoms with Gasteiger partial charge in [-0.15, -0.1) is 5.10 Å². The van der Waals surface area contributed by atoms with Gasteiger partial charge >= 0.3 is 5.97 Å². The lowest BCUT2D eigenvalue weighted by atomic mass is 9.94. The first-order chi connectivity index (χ1) is 17.3. The Bertz CT molecular complexity index is 1600. The third-order valence-electron chi connectivity index (χ3n) is 6.09. The summed E-state index contributed by atoms with van der Waals surface area (Å²) in [6, 6.07) is 18.8. The third kappa shape index (κ3) is 4.26. The van der Waals surface area contributed by atoms with Crippen LogP contribution in [-0.2, 0) is 7.05 Å². The largest absolute Gasteiger partial charge is 0.478 e. The molecule has 8 nitrogen and oxygen atoms in total. The van der Waals surface area contributed by atoms with Gasteiger partial charge in [0.25, 0.3) is 0 Å². The highest BCUT2D eigenvalue weighted by atomic mass is 19.1. The number of tetrazole rings is 1. The predicted molar refractivity (Wildman–Crippen MR) is 135 cm³/mol. The summed E-state index contributed by atoms with van der Waals surface area (Å²) in [4.78, 5) is 16.7. The minimum absolute atomic E-state index is 0.198. The monoisotopic (exact) mass is 482 g/mol. The Balaban J connectivity index is 1.70. The van der Waals surface area contributed by atoms with Crippen LogP contribution >= 0.6 is 0 Å². The molecule has 0 spiro atoms. The molecule has 0 radical (unpaired) electrons. The van der Waals surface area contributed by atoms with Crippen molar-refractivity contribution in [2.45, 2.75) is 19.9 Å². The molecule has 5 rings (SSSR count). The van der Waals surface area contributed by atoms with E-state index in [2.05, 4.69) is 26.9 Å². The molecule has 0 saturated carbocycles. The summed E-state index contributed by atoms with van der Waals surface area (Å²) in [5, 5.41) is 25.7. The number of carboxylic acid groups (broad SMARTS) is 1. The van der Waals surface area contributed by atoms with Crippen LogP contribution in [0.3, 0.4) is 0 Å². The zero-order valence-corrected chi connectivity index (χ0v) is 19.9. The molecule has 3 aromatic carbocycles. The molecule has 0 fully saturated rings. The van der Waals surface area contributed by atoms with Crippen LogP contribution in [0.4, 0.5) is 10.1 Å². The minimum atomic E-state index is -0.999. The van der Waals surface area contributed by atoms with Crippen LogP contribution in [0, 0.1) is 12.7 Å². The van der Waals surface area contributed by atoms with Crippen molar-refractivity contribution in [3.05, 3.63) is 89.2 Å². The number of pyridine rings is 1. The molecule has 2 aromatic heterocycles. The van der Waals surface area contributed by atoms with Gasteiger partial charge < -0.3 is 10.4 Å². The van der Waals surface area contributed by atoms with E-state index in [4.69, 9.17) is 4.98 Å². The highest BCUT2D eigenvalue weighted by Crippen LogP contribution is 2.36. The maximum absolute atomic E-state index is 13.7. The first kappa shape index (κ1) is 23.1. The van der Waals surface area contributed by atoms with Crippen molar-refractivity contribution in [1.29, 1.82) is 0 Å². The number of fused-ring (bicyclic) bond motifs is 1. The van der Waals surface area contributed by atoms with E-state index < -0.39 is 5.97 Å². The molecule has 2 N–H and O–H groups in total. The molecule has 180 valence electrons. The molecule has 0 saturated heterocycles. The highest BCUT2D eigenvalue weighted by molar-refractivity contribution is 5.95. The number of rotatable bonds is 6. The molecule has 0 aliphatic carbocycles. The third-order valence-corrected chi connectivity index (χ3v) is 6.09. The maximum Gasteiger partial charge on any atom is 0.337 e. The van der Waals surface area contributed by atoms with Crippen LogP contribution in [0.2, 0.25) is 0 Å². The van der Waals surface area contributed by atoms with Crippen molar-refractivity contribution in [2.75, 3.05) is 5.32 Å². The van der Waals surface area contributed by atoms with Crippen LogP contribution in [0.25, 0.3) is 33.5 Å². The number of aromatic carboxylic acids is 1. The van der Waals surface area contributed by atoms with E-state index in [9.17, 15) is 14.3 Å². The average Bonchev–Trinajstić information content (AvgIpc) is 3.29. The lowest BCUT2D eigenvalue weighted by Crippen LogP contribution is -2.11. The van der Waals surface area contributed by atoms with Gasteiger partial charge in [0, 0.05) is 29.7 Å². The fourth-order valence-electron chi connectivity index (χ4n) is 4.36. The number of carboxylic acids is 1. The van der Waals surface area contributed by atoms with Gasteiger partial charge in [-0.25, -0.2) is 18.9 Å². The van der Waals surface area contributed by atoms with Gasteiger partial charge in [-0.3, -0.25) is 0 Å². The Hall–Kier alpha value is -4.66. The van der Waals surface area contributed by atoms with Crippen molar-refractivity contribution in [1.82, 2.24) is 25.2 Å². The van der Waals surface area contributed by atoms with Crippen LogP contribution in [0.1, 0.15) is 34.5 Å². The minimum Gasteiger partial charge on any atom is -0.478 e.